The Balaban J connectivity index is 2.25. The highest BCUT2D eigenvalue weighted by molar-refractivity contribution is 5.27. The summed E-state index contributed by atoms with van der Waals surface area (Å²) in [5.74, 6) is 0. The summed E-state index contributed by atoms with van der Waals surface area (Å²) in [6, 6.07) is 4.24. The molecule has 1 aromatic rings. The van der Waals surface area contributed by atoms with E-state index in [0.29, 0.717) is 5.41 Å². The number of nitrogens with zero attached hydrogens (tertiary/aromatic N) is 1. The molecule has 2 N–H and O–H groups in total. The first-order chi connectivity index (χ1) is 6.27. The Labute approximate surface area is 79.2 Å². The highest BCUT2D eigenvalue weighted by Gasteiger charge is 2.44. The number of pyridine rings is 1. The second-order valence-electron chi connectivity index (χ2n) is 4.04. The normalized spacial score (nSPS) is 18.6. The van der Waals surface area contributed by atoms with Crippen LogP contribution >= 0.6 is 0 Å². The van der Waals surface area contributed by atoms with Crippen molar-refractivity contribution in [3.63, 3.8) is 0 Å². The average molecular weight is 176 g/mol. The molecule has 0 aliphatic heterocycles. The van der Waals surface area contributed by atoms with Crippen LogP contribution in [0, 0.1) is 6.92 Å². The molecule has 70 valence electrons. The Morgan fingerprint density at radius 3 is 2.85 bits per heavy atom. The molecule has 2 heteroatoms. The van der Waals surface area contributed by atoms with E-state index in [-0.39, 0.29) is 0 Å². The van der Waals surface area contributed by atoms with Gasteiger partial charge in [0.15, 0.2) is 0 Å². The van der Waals surface area contributed by atoms with Crippen molar-refractivity contribution in [3.05, 3.63) is 29.6 Å². The Hall–Kier alpha value is -0.890. The lowest BCUT2D eigenvalue weighted by molar-refractivity contribution is 0.609. The molecule has 0 aromatic carbocycles. The van der Waals surface area contributed by atoms with E-state index in [1.807, 2.05) is 12.3 Å². The Morgan fingerprint density at radius 1 is 1.54 bits per heavy atom. The van der Waals surface area contributed by atoms with Crippen molar-refractivity contribution in [2.75, 3.05) is 6.54 Å². The molecule has 1 saturated carbocycles. The molecule has 0 unspecified atom stereocenters. The Bertz CT molecular complexity index is 303. The zero-order valence-corrected chi connectivity index (χ0v) is 8.09. The van der Waals surface area contributed by atoms with Crippen LogP contribution in [0.4, 0.5) is 0 Å². The Morgan fingerprint density at radius 2 is 2.31 bits per heavy atom. The minimum atomic E-state index is 0.348. The van der Waals surface area contributed by atoms with Gasteiger partial charge in [-0.3, -0.25) is 4.98 Å². The van der Waals surface area contributed by atoms with E-state index in [1.165, 1.54) is 24.1 Å². The highest BCUT2D eigenvalue weighted by Crippen LogP contribution is 2.49. The molecule has 0 amide bonds. The summed E-state index contributed by atoms with van der Waals surface area (Å²) in [5.41, 5.74) is 8.50. The summed E-state index contributed by atoms with van der Waals surface area (Å²) in [6.07, 6.45) is 5.52. The summed E-state index contributed by atoms with van der Waals surface area (Å²) < 4.78 is 0. The summed E-state index contributed by atoms with van der Waals surface area (Å²) in [7, 11) is 0. The molecular weight excluding hydrogens is 160 g/mol. The molecule has 0 bridgehead atoms. The van der Waals surface area contributed by atoms with Gasteiger partial charge in [-0.05, 0) is 50.4 Å². The van der Waals surface area contributed by atoms with E-state index in [9.17, 15) is 0 Å². The van der Waals surface area contributed by atoms with Crippen LogP contribution in [0.15, 0.2) is 18.3 Å². The van der Waals surface area contributed by atoms with Gasteiger partial charge in [-0.2, -0.15) is 0 Å². The predicted molar refractivity (Wildman–Crippen MR) is 53.6 cm³/mol. The van der Waals surface area contributed by atoms with Crippen molar-refractivity contribution in [1.29, 1.82) is 0 Å². The number of hydrogen-bond acceptors (Lipinski definition) is 2. The van der Waals surface area contributed by atoms with E-state index in [0.717, 1.165) is 13.0 Å². The van der Waals surface area contributed by atoms with Gasteiger partial charge in [0, 0.05) is 17.3 Å². The van der Waals surface area contributed by atoms with Gasteiger partial charge in [-0.15, -0.1) is 0 Å². The van der Waals surface area contributed by atoms with E-state index in [4.69, 9.17) is 5.73 Å². The molecule has 13 heavy (non-hydrogen) atoms. The van der Waals surface area contributed by atoms with Crippen LogP contribution in [0.5, 0.6) is 0 Å². The third-order valence-electron chi connectivity index (χ3n) is 2.94. The molecule has 0 radical (unpaired) electrons. The number of aromatic nitrogens is 1. The lowest BCUT2D eigenvalue weighted by Crippen LogP contribution is -2.14. The first kappa shape index (κ1) is 8.70. The van der Waals surface area contributed by atoms with Crippen molar-refractivity contribution >= 4 is 0 Å². The SMILES string of the molecule is Cc1ccnc(C2(CCN)CC2)c1. The quantitative estimate of drug-likeness (QED) is 0.762. The van der Waals surface area contributed by atoms with Gasteiger partial charge in [0.1, 0.15) is 0 Å². The fourth-order valence-electron chi connectivity index (χ4n) is 1.89. The van der Waals surface area contributed by atoms with Crippen LogP contribution in [0.25, 0.3) is 0 Å². The lowest BCUT2D eigenvalue weighted by atomic mass is 9.96. The predicted octanol–water partition coefficient (Wildman–Crippen LogP) is 1.77. The topological polar surface area (TPSA) is 38.9 Å². The van der Waals surface area contributed by atoms with Gasteiger partial charge in [-0.25, -0.2) is 0 Å². The molecule has 1 aliphatic rings. The molecule has 1 aromatic heterocycles. The third-order valence-corrected chi connectivity index (χ3v) is 2.94. The van der Waals surface area contributed by atoms with Crippen LogP contribution < -0.4 is 5.73 Å². The fraction of sp³-hybridized carbons (Fsp3) is 0.545. The average Bonchev–Trinajstić information content (AvgIpc) is 2.86. The molecular formula is C11H16N2. The highest BCUT2D eigenvalue weighted by atomic mass is 14.7. The van der Waals surface area contributed by atoms with Gasteiger partial charge in [0.2, 0.25) is 0 Å². The smallest absolute Gasteiger partial charge is 0.0468 e. The minimum Gasteiger partial charge on any atom is -0.330 e. The number of nitrogens with two attached hydrogens (primary N) is 1. The van der Waals surface area contributed by atoms with E-state index >= 15 is 0 Å². The molecule has 2 rings (SSSR count). The maximum atomic E-state index is 5.60. The van der Waals surface area contributed by atoms with Crippen molar-refractivity contribution in [3.8, 4) is 0 Å². The lowest BCUT2D eigenvalue weighted by Gasteiger charge is -2.13. The number of hydrogen-bond donors (Lipinski definition) is 1. The fourth-order valence-corrected chi connectivity index (χ4v) is 1.89. The molecule has 1 heterocycles. The van der Waals surface area contributed by atoms with Crippen molar-refractivity contribution < 1.29 is 0 Å². The summed E-state index contributed by atoms with van der Waals surface area (Å²) in [4.78, 5) is 4.44. The van der Waals surface area contributed by atoms with Crippen molar-refractivity contribution in [2.24, 2.45) is 5.73 Å². The third kappa shape index (κ3) is 1.59. The molecule has 1 fully saturated rings. The first-order valence-corrected chi connectivity index (χ1v) is 4.90. The van der Waals surface area contributed by atoms with E-state index < -0.39 is 0 Å². The maximum absolute atomic E-state index is 5.60. The summed E-state index contributed by atoms with van der Waals surface area (Å²) in [6.45, 7) is 2.89. The second-order valence-corrected chi connectivity index (χ2v) is 4.04. The van der Waals surface area contributed by atoms with Crippen LogP contribution in [0.2, 0.25) is 0 Å². The summed E-state index contributed by atoms with van der Waals surface area (Å²) in [5, 5.41) is 0. The second kappa shape index (κ2) is 3.11. The molecule has 0 spiro atoms. The molecule has 0 saturated heterocycles. The zero-order chi connectivity index (χ0) is 9.31. The Kier molecular flexibility index (Phi) is 2.08. The van der Waals surface area contributed by atoms with Gasteiger partial charge in [0.25, 0.3) is 0 Å². The van der Waals surface area contributed by atoms with E-state index in [1.54, 1.807) is 0 Å². The maximum Gasteiger partial charge on any atom is 0.0468 e. The van der Waals surface area contributed by atoms with Crippen LogP contribution in [0.3, 0.4) is 0 Å². The summed E-state index contributed by atoms with van der Waals surface area (Å²) >= 11 is 0. The van der Waals surface area contributed by atoms with Crippen molar-refractivity contribution in [2.45, 2.75) is 31.6 Å². The van der Waals surface area contributed by atoms with Gasteiger partial charge >= 0.3 is 0 Å². The first-order valence-electron chi connectivity index (χ1n) is 4.90. The van der Waals surface area contributed by atoms with Crippen LogP contribution in [-0.2, 0) is 5.41 Å². The van der Waals surface area contributed by atoms with E-state index in [2.05, 4.69) is 18.0 Å². The monoisotopic (exact) mass is 176 g/mol. The van der Waals surface area contributed by atoms with Gasteiger partial charge in [0.05, 0.1) is 0 Å². The van der Waals surface area contributed by atoms with Gasteiger partial charge < -0.3 is 5.73 Å². The zero-order valence-electron chi connectivity index (χ0n) is 8.09. The molecule has 0 atom stereocenters. The largest absolute Gasteiger partial charge is 0.330 e. The van der Waals surface area contributed by atoms with Crippen LogP contribution in [0.1, 0.15) is 30.5 Å². The standard InChI is InChI=1S/C11H16N2/c1-9-2-7-13-10(8-9)11(3-4-11)5-6-12/h2,7-8H,3-6,12H2,1H3. The number of aryl methyl sites for hydroxylation is 1. The van der Waals surface area contributed by atoms with Crippen LogP contribution in [-0.4, -0.2) is 11.5 Å². The molecule has 2 nitrogen and oxygen atoms in total. The number of rotatable bonds is 3. The van der Waals surface area contributed by atoms with Gasteiger partial charge in [-0.1, -0.05) is 0 Å². The minimum absolute atomic E-state index is 0.348. The molecule has 1 aliphatic carbocycles. The van der Waals surface area contributed by atoms with Crippen molar-refractivity contribution in [1.82, 2.24) is 4.98 Å².